The average molecular weight is 390 g/mol. The van der Waals surface area contributed by atoms with E-state index in [9.17, 15) is 4.79 Å². The Morgan fingerprint density at radius 1 is 1.10 bits per heavy atom. The predicted octanol–water partition coefficient (Wildman–Crippen LogP) is 2.00. The number of ether oxygens (including phenoxy) is 2. The van der Waals surface area contributed by atoms with Crippen LogP contribution in [0.4, 0.5) is 0 Å². The van der Waals surface area contributed by atoms with E-state index in [1.165, 1.54) is 6.20 Å². The molecule has 0 saturated heterocycles. The number of aromatic nitrogens is 5. The van der Waals surface area contributed by atoms with Gasteiger partial charge in [0.2, 0.25) is 5.88 Å². The third-order valence-electron chi connectivity index (χ3n) is 4.15. The lowest BCUT2D eigenvalue weighted by atomic mass is 10.2. The van der Waals surface area contributed by atoms with Gasteiger partial charge in [-0.2, -0.15) is 4.52 Å². The Hall–Kier alpha value is -4.01. The molecule has 0 saturated carbocycles. The van der Waals surface area contributed by atoms with E-state index in [2.05, 4.69) is 25.6 Å². The molecule has 29 heavy (non-hydrogen) atoms. The smallest absolute Gasteiger partial charge is 0.252 e. The van der Waals surface area contributed by atoms with Crippen molar-refractivity contribution in [3.63, 3.8) is 0 Å². The summed E-state index contributed by atoms with van der Waals surface area (Å²) in [5.41, 5.74) is 1.96. The van der Waals surface area contributed by atoms with Crippen LogP contribution in [0.25, 0.3) is 17.0 Å². The van der Waals surface area contributed by atoms with E-state index in [4.69, 9.17) is 9.47 Å². The fourth-order valence-electron chi connectivity index (χ4n) is 2.69. The molecular formula is C20H18N6O3. The van der Waals surface area contributed by atoms with Crippen molar-refractivity contribution in [2.75, 3.05) is 20.3 Å². The largest absolute Gasteiger partial charge is 0.497 e. The average Bonchev–Trinajstić information content (AvgIpc) is 3.20. The fraction of sp³-hybridized carbons (Fsp3) is 0.150. The minimum absolute atomic E-state index is 0.203. The van der Waals surface area contributed by atoms with Crippen LogP contribution in [-0.2, 0) is 0 Å². The molecule has 0 aliphatic rings. The number of hydrogen-bond donors (Lipinski definition) is 1. The number of pyridine rings is 1. The third-order valence-corrected chi connectivity index (χ3v) is 4.15. The van der Waals surface area contributed by atoms with Gasteiger partial charge in [-0.15, -0.1) is 15.3 Å². The van der Waals surface area contributed by atoms with Crippen LogP contribution in [0.15, 0.2) is 60.9 Å². The fourth-order valence-corrected chi connectivity index (χ4v) is 2.69. The quantitative estimate of drug-likeness (QED) is 0.481. The molecule has 0 spiro atoms. The maximum Gasteiger partial charge on any atom is 0.252 e. The summed E-state index contributed by atoms with van der Waals surface area (Å²) in [5.74, 6) is 1.55. The Morgan fingerprint density at radius 3 is 2.72 bits per heavy atom. The standard InChI is InChI=1S/C20H18N6O3/c1-28-16-6-4-14(5-7-16)19-24-23-17-8-9-18(25-26(17)19)29-12-11-22-20(27)15-3-2-10-21-13-15/h2-10,13H,11-12H2,1H3,(H,22,27). The summed E-state index contributed by atoms with van der Waals surface area (Å²) in [5, 5.41) is 15.6. The van der Waals surface area contributed by atoms with Crippen molar-refractivity contribution in [2.45, 2.75) is 0 Å². The summed E-state index contributed by atoms with van der Waals surface area (Å²) in [7, 11) is 1.62. The number of methoxy groups -OCH3 is 1. The number of carbonyl (C=O) groups excluding carboxylic acids is 1. The highest BCUT2D eigenvalue weighted by molar-refractivity contribution is 5.93. The number of nitrogens with one attached hydrogen (secondary N) is 1. The first-order valence-electron chi connectivity index (χ1n) is 8.92. The summed E-state index contributed by atoms with van der Waals surface area (Å²) in [6, 6.07) is 14.4. The number of nitrogens with zero attached hydrogens (tertiary/aromatic N) is 5. The van der Waals surface area contributed by atoms with Gasteiger partial charge in [-0.1, -0.05) is 0 Å². The molecule has 0 aliphatic heterocycles. The van der Waals surface area contributed by atoms with E-state index in [1.54, 1.807) is 42.1 Å². The van der Waals surface area contributed by atoms with Gasteiger partial charge in [-0.05, 0) is 42.5 Å². The molecule has 146 valence electrons. The highest BCUT2D eigenvalue weighted by Gasteiger charge is 2.11. The molecule has 0 unspecified atom stereocenters. The predicted molar refractivity (Wildman–Crippen MR) is 105 cm³/mol. The SMILES string of the molecule is COc1ccc(-c2nnc3ccc(OCCNC(=O)c4cccnc4)nn23)cc1. The zero-order valence-corrected chi connectivity index (χ0v) is 15.6. The molecule has 0 atom stereocenters. The minimum Gasteiger partial charge on any atom is -0.497 e. The van der Waals surface area contributed by atoms with Crippen LogP contribution in [0.2, 0.25) is 0 Å². The zero-order valence-electron chi connectivity index (χ0n) is 15.6. The zero-order chi connectivity index (χ0) is 20.1. The van der Waals surface area contributed by atoms with E-state index in [0.717, 1.165) is 11.3 Å². The first-order valence-corrected chi connectivity index (χ1v) is 8.92. The Labute approximate surface area is 166 Å². The maximum atomic E-state index is 12.0. The van der Waals surface area contributed by atoms with Crippen molar-refractivity contribution in [1.29, 1.82) is 0 Å². The van der Waals surface area contributed by atoms with Crippen LogP contribution >= 0.6 is 0 Å². The Balaban J connectivity index is 1.41. The van der Waals surface area contributed by atoms with Gasteiger partial charge in [0.25, 0.3) is 5.91 Å². The minimum atomic E-state index is -0.203. The van der Waals surface area contributed by atoms with Crippen molar-refractivity contribution in [3.05, 3.63) is 66.5 Å². The summed E-state index contributed by atoms with van der Waals surface area (Å²) in [6.07, 6.45) is 3.13. The van der Waals surface area contributed by atoms with Crippen molar-refractivity contribution >= 4 is 11.6 Å². The molecule has 3 aromatic heterocycles. The van der Waals surface area contributed by atoms with Gasteiger partial charge in [0.1, 0.15) is 12.4 Å². The van der Waals surface area contributed by atoms with Gasteiger partial charge in [0, 0.05) is 24.0 Å². The Morgan fingerprint density at radius 2 is 1.97 bits per heavy atom. The molecule has 0 fully saturated rings. The maximum absolute atomic E-state index is 12.0. The molecule has 3 heterocycles. The van der Waals surface area contributed by atoms with Gasteiger partial charge < -0.3 is 14.8 Å². The normalized spacial score (nSPS) is 10.7. The molecule has 0 bridgehead atoms. The first-order chi connectivity index (χ1) is 14.2. The van der Waals surface area contributed by atoms with E-state index >= 15 is 0 Å². The monoisotopic (exact) mass is 390 g/mol. The number of benzene rings is 1. The van der Waals surface area contributed by atoms with Crippen LogP contribution in [0.1, 0.15) is 10.4 Å². The van der Waals surface area contributed by atoms with Crippen molar-refractivity contribution < 1.29 is 14.3 Å². The number of hydrogen-bond acceptors (Lipinski definition) is 7. The van der Waals surface area contributed by atoms with Crippen molar-refractivity contribution in [1.82, 2.24) is 30.1 Å². The lowest BCUT2D eigenvalue weighted by molar-refractivity contribution is 0.0946. The van der Waals surface area contributed by atoms with Gasteiger partial charge in [0.05, 0.1) is 19.2 Å². The number of amides is 1. The van der Waals surface area contributed by atoms with Gasteiger partial charge in [-0.25, -0.2) is 0 Å². The van der Waals surface area contributed by atoms with E-state index in [-0.39, 0.29) is 12.5 Å². The molecule has 1 aromatic carbocycles. The van der Waals surface area contributed by atoms with Crippen LogP contribution in [-0.4, -0.2) is 51.0 Å². The topological polar surface area (TPSA) is 104 Å². The van der Waals surface area contributed by atoms with Crippen LogP contribution < -0.4 is 14.8 Å². The van der Waals surface area contributed by atoms with E-state index in [0.29, 0.717) is 29.5 Å². The molecule has 1 N–H and O–H groups in total. The summed E-state index contributed by atoms with van der Waals surface area (Å²) >= 11 is 0. The first kappa shape index (κ1) is 18.4. The highest BCUT2D eigenvalue weighted by Crippen LogP contribution is 2.21. The van der Waals surface area contributed by atoms with Crippen molar-refractivity contribution in [3.8, 4) is 23.0 Å². The second kappa shape index (κ2) is 8.34. The lowest BCUT2D eigenvalue weighted by Crippen LogP contribution is -2.28. The number of carbonyl (C=O) groups is 1. The lowest BCUT2D eigenvalue weighted by Gasteiger charge is -2.07. The molecule has 9 nitrogen and oxygen atoms in total. The number of rotatable bonds is 7. The Kier molecular flexibility index (Phi) is 5.28. The van der Waals surface area contributed by atoms with E-state index < -0.39 is 0 Å². The third kappa shape index (κ3) is 4.13. The highest BCUT2D eigenvalue weighted by atomic mass is 16.5. The van der Waals surface area contributed by atoms with Crippen LogP contribution in [0.5, 0.6) is 11.6 Å². The summed E-state index contributed by atoms with van der Waals surface area (Å²) < 4.78 is 12.5. The second-order valence-electron chi connectivity index (χ2n) is 6.04. The molecule has 1 amide bonds. The summed E-state index contributed by atoms with van der Waals surface area (Å²) in [6.45, 7) is 0.603. The molecular weight excluding hydrogens is 372 g/mol. The molecule has 0 aliphatic carbocycles. The second-order valence-corrected chi connectivity index (χ2v) is 6.04. The van der Waals surface area contributed by atoms with Gasteiger partial charge in [0.15, 0.2) is 11.5 Å². The van der Waals surface area contributed by atoms with Gasteiger partial charge >= 0.3 is 0 Å². The van der Waals surface area contributed by atoms with Gasteiger partial charge in [-0.3, -0.25) is 9.78 Å². The molecule has 4 rings (SSSR count). The Bertz CT molecular complexity index is 1110. The van der Waals surface area contributed by atoms with Crippen LogP contribution in [0, 0.1) is 0 Å². The number of fused-ring (bicyclic) bond motifs is 1. The van der Waals surface area contributed by atoms with E-state index in [1.807, 2.05) is 24.3 Å². The summed E-state index contributed by atoms with van der Waals surface area (Å²) in [4.78, 5) is 15.9. The van der Waals surface area contributed by atoms with Crippen LogP contribution in [0.3, 0.4) is 0 Å². The van der Waals surface area contributed by atoms with Crippen molar-refractivity contribution in [2.24, 2.45) is 0 Å². The molecule has 0 radical (unpaired) electrons. The molecule has 9 heteroatoms. The molecule has 4 aromatic rings.